The van der Waals surface area contributed by atoms with Crippen LogP contribution in [-0.4, -0.2) is 56.5 Å². The molecule has 1 saturated heterocycles. The van der Waals surface area contributed by atoms with Crippen molar-refractivity contribution in [2.75, 3.05) is 25.0 Å². The van der Waals surface area contributed by atoms with E-state index >= 15 is 0 Å². The van der Waals surface area contributed by atoms with Gasteiger partial charge in [-0.1, -0.05) is 18.2 Å². The fraction of sp³-hybridized carbons (Fsp3) is 0.348. The van der Waals surface area contributed by atoms with Crippen LogP contribution in [0.5, 0.6) is 0 Å². The van der Waals surface area contributed by atoms with E-state index in [1.807, 2.05) is 49.9 Å². The minimum Gasteiger partial charge on any atom is -0.375 e. The Labute approximate surface area is 189 Å². The van der Waals surface area contributed by atoms with Crippen LogP contribution >= 0.6 is 11.3 Å². The molecule has 1 aliphatic rings. The summed E-state index contributed by atoms with van der Waals surface area (Å²) in [6, 6.07) is 7.91. The third-order valence-electron chi connectivity index (χ3n) is 5.75. The number of carbonyl (C=O) groups excluding carboxylic acids is 1. The number of fused-ring (bicyclic) bond motifs is 2. The lowest BCUT2D eigenvalue weighted by Gasteiger charge is -2.31. The van der Waals surface area contributed by atoms with Crippen molar-refractivity contribution in [2.45, 2.75) is 32.9 Å². The molecule has 8 nitrogen and oxygen atoms in total. The van der Waals surface area contributed by atoms with E-state index in [9.17, 15) is 4.79 Å². The summed E-state index contributed by atoms with van der Waals surface area (Å²) in [6.07, 6.45) is 1.54. The number of aryl methyl sites for hydroxylation is 1. The van der Waals surface area contributed by atoms with Crippen LogP contribution in [0.1, 0.15) is 41.6 Å². The Morgan fingerprint density at radius 2 is 2.19 bits per heavy atom. The Morgan fingerprint density at radius 3 is 3.03 bits per heavy atom. The van der Waals surface area contributed by atoms with Crippen molar-refractivity contribution in [1.82, 2.24) is 24.8 Å². The van der Waals surface area contributed by atoms with Crippen LogP contribution < -0.4 is 5.32 Å². The summed E-state index contributed by atoms with van der Waals surface area (Å²) in [5.74, 6) is 0.599. The van der Waals surface area contributed by atoms with Gasteiger partial charge in [-0.3, -0.25) is 4.79 Å². The highest BCUT2D eigenvalue weighted by Gasteiger charge is 2.26. The molecular formula is C23H24N6O2S. The summed E-state index contributed by atoms with van der Waals surface area (Å²) in [5, 5.41) is 5.30. The fourth-order valence-electron chi connectivity index (χ4n) is 4.12. The maximum atomic E-state index is 13.5. The molecule has 0 aliphatic carbocycles. The van der Waals surface area contributed by atoms with Gasteiger partial charge in [0.2, 0.25) is 0 Å². The summed E-state index contributed by atoms with van der Waals surface area (Å²) in [7, 11) is 0. The Hall–Kier alpha value is -3.17. The Bertz CT molecular complexity index is 1310. The molecule has 164 valence electrons. The molecule has 0 spiro atoms. The number of hydrogen-bond acceptors (Lipinski definition) is 8. The fourth-order valence-corrected chi connectivity index (χ4v) is 4.75. The van der Waals surface area contributed by atoms with Crippen LogP contribution in [0, 0.1) is 6.92 Å². The van der Waals surface area contributed by atoms with Crippen LogP contribution in [0.4, 0.5) is 5.82 Å². The van der Waals surface area contributed by atoms with Gasteiger partial charge in [0, 0.05) is 18.5 Å². The first-order chi connectivity index (χ1) is 15.5. The number of ether oxygens (including phenoxy) is 1. The molecular weight excluding hydrogens is 424 g/mol. The SMILES string of the molecule is Cc1cccc2cc([C@H](C)Nc3ncnc4scnc34)nc(C(=O)N3CCOC(C)C3)c12. The van der Waals surface area contributed by atoms with Gasteiger partial charge in [0.15, 0.2) is 5.82 Å². The van der Waals surface area contributed by atoms with Crippen LogP contribution in [-0.2, 0) is 4.74 Å². The number of carbonyl (C=O) groups is 1. The molecule has 1 aromatic carbocycles. The average molecular weight is 449 g/mol. The van der Waals surface area contributed by atoms with Crippen LogP contribution in [0.25, 0.3) is 21.1 Å². The molecule has 4 heterocycles. The maximum absolute atomic E-state index is 13.5. The number of aromatic nitrogens is 4. The van der Waals surface area contributed by atoms with Crippen LogP contribution in [0.15, 0.2) is 36.1 Å². The maximum Gasteiger partial charge on any atom is 0.273 e. The molecule has 2 atom stereocenters. The van der Waals surface area contributed by atoms with E-state index in [-0.39, 0.29) is 18.1 Å². The van der Waals surface area contributed by atoms with E-state index in [4.69, 9.17) is 9.72 Å². The second kappa shape index (κ2) is 8.40. The minimum atomic E-state index is -0.185. The molecule has 32 heavy (non-hydrogen) atoms. The number of amides is 1. The van der Waals surface area contributed by atoms with Gasteiger partial charge in [-0.25, -0.2) is 19.9 Å². The highest BCUT2D eigenvalue weighted by Crippen LogP contribution is 2.29. The van der Waals surface area contributed by atoms with Crippen molar-refractivity contribution in [3.63, 3.8) is 0 Å². The molecule has 0 radical (unpaired) electrons. The molecule has 1 N–H and O–H groups in total. The molecule has 5 rings (SSSR count). The van der Waals surface area contributed by atoms with E-state index in [1.54, 1.807) is 5.51 Å². The van der Waals surface area contributed by atoms with Gasteiger partial charge in [0.25, 0.3) is 5.91 Å². The van der Waals surface area contributed by atoms with Gasteiger partial charge in [-0.05, 0) is 37.8 Å². The molecule has 1 aliphatic heterocycles. The van der Waals surface area contributed by atoms with Gasteiger partial charge >= 0.3 is 0 Å². The monoisotopic (exact) mass is 448 g/mol. The first kappa shape index (κ1) is 20.7. The van der Waals surface area contributed by atoms with Crippen molar-refractivity contribution >= 4 is 44.2 Å². The van der Waals surface area contributed by atoms with Crippen LogP contribution in [0.3, 0.4) is 0 Å². The van der Waals surface area contributed by atoms with E-state index in [0.717, 1.165) is 32.4 Å². The number of nitrogens with zero attached hydrogens (tertiary/aromatic N) is 5. The summed E-state index contributed by atoms with van der Waals surface area (Å²) in [5.41, 5.74) is 4.78. The Kier molecular flexibility index (Phi) is 5.44. The van der Waals surface area contributed by atoms with E-state index in [0.29, 0.717) is 31.2 Å². The lowest BCUT2D eigenvalue weighted by Crippen LogP contribution is -2.45. The third-order valence-corrected chi connectivity index (χ3v) is 6.48. The summed E-state index contributed by atoms with van der Waals surface area (Å²) in [4.78, 5) is 34.1. The summed E-state index contributed by atoms with van der Waals surface area (Å²) < 4.78 is 5.62. The molecule has 3 aromatic heterocycles. The molecule has 4 aromatic rings. The quantitative estimate of drug-likeness (QED) is 0.505. The topological polar surface area (TPSA) is 93.1 Å². The molecule has 0 saturated carbocycles. The normalized spacial score (nSPS) is 17.6. The molecule has 1 unspecified atom stereocenters. The number of benzene rings is 1. The number of hydrogen-bond donors (Lipinski definition) is 1. The predicted octanol–water partition coefficient (Wildman–Crippen LogP) is 3.98. The number of thiazole rings is 1. The highest BCUT2D eigenvalue weighted by atomic mass is 32.1. The Morgan fingerprint density at radius 1 is 1.31 bits per heavy atom. The van der Waals surface area contributed by atoms with Gasteiger partial charge < -0.3 is 15.0 Å². The van der Waals surface area contributed by atoms with Crippen molar-refractivity contribution in [1.29, 1.82) is 0 Å². The second-order valence-corrected chi connectivity index (χ2v) is 8.93. The number of pyridine rings is 1. The molecule has 1 fully saturated rings. The van der Waals surface area contributed by atoms with Gasteiger partial charge in [-0.15, -0.1) is 11.3 Å². The van der Waals surface area contributed by atoms with Crippen molar-refractivity contribution in [3.05, 3.63) is 53.1 Å². The minimum absolute atomic E-state index is 0.0159. The highest BCUT2D eigenvalue weighted by molar-refractivity contribution is 7.16. The zero-order chi connectivity index (χ0) is 22.2. The molecule has 0 bridgehead atoms. The first-order valence-corrected chi connectivity index (χ1v) is 11.5. The zero-order valence-corrected chi connectivity index (χ0v) is 19.0. The van der Waals surface area contributed by atoms with E-state index in [1.165, 1.54) is 17.7 Å². The predicted molar refractivity (Wildman–Crippen MR) is 125 cm³/mol. The standard InChI is InChI=1S/C23H24N6O2S/c1-13-5-4-6-16-9-17(15(3)27-21-20-22(25-11-24-21)32-12-26-20)28-19(18(13)16)23(30)29-7-8-31-14(2)10-29/h4-6,9,11-12,14-15H,7-8,10H2,1-3H3,(H,24,25,27)/t14?,15-/m0/s1. The molecule has 1 amide bonds. The lowest BCUT2D eigenvalue weighted by atomic mass is 10.0. The average Bonchev–Trinajstić information content (AvgIpc) is 3.28. The Balaban J connectivity index is 1.55. The van der Waals surface area contributed by atoms with E-state index in [2.05, 4.69) is 20.3 Å². The summed E-state index contributed by atoms with van der Waals surface area (Å²) in [6.45, 7) is 7.69. The van der Waals surface area contributed by atoms with E-state index < -0.39 is 0 Å². The second-order valence-electron chi connectivity index (χ2n) is 8.10. The summed E-state index contributed by atoms with van der Waals surface area (Å²) >= 11 is 1.47. The number of nitrogens with one attached hydrogen (secondary N) is 1. The molecule has 9 heteroatoms. The lowest BCUT2D eigenvalue weighted by molar-refractivity contribution is -0.0125. The number of rotatable bonds is 4. The zero-order valence-electron chi connectivity index (χ0n) is 18.2. The first-order valence-electron chi connectivity index (χ1n) is 10.6. The number of anilines is 1. The third kappa shape index (κ3) is 3.78. The van der Waals surface area contributed by atoms with Gasteiger partial charge in [0.05, 0.1) is 30.0 Å². The van der Waals surface area contributed by atoms with Crippen molar-refractivity contribution < 1.29 is 9.53 Å². The largest absolute Gasteiger partial charge is 0.375 e. The van der Waals surface area contributed by atoms with Crippen molar-refractivity contribution in [2.24, 2.45) is 0 Å². The smallest absolute Gasteiger partial charge is 0.273 e. The van der Waals surface area contributed by atoms with Crippen molar-refractivity contribution in [3.8, 4) is 0 Å². The number of morpholine rings is 1. The van der Waals surface area contributed by atoms with Gasteiger partial charge in [0.1, 0.15) is 22.4 Å². The van der Waals surface area contributed by atoms with Crippen LogP contribution in [0.2, 0.25) is 0 Å². The van der Waals surface area contributed by atoms with Gasteiger partial charge in [-0.2, -0.15) is 0 Å².